The number of halogens is 1. The van der Waals surface area contributed by atoms with Gasteiger partial charge in [0, 0.05) is 6.61 Å². The molecule has 1 aliphatic carbocycles. The Balaban J connectivity index is 1.06. The maximum Gasteiger partial charge on any atom is 0.472 e. The predicted octanol–water partition coefficient (Wildman–Crippen LogP) is 7.93. The number of ether oxygens (including phenoxy) is 4. The highest BCUT2D eigenvalue weighted by Crippen LogP contribution is 2.63. The molecule has 1 aliphatic heterocycles. The molecule has 3 heterocycles. The molecule has 2 aromatic heterocycles. The number of nitrogens with zero attached hydrogens (tertiary/aromatic N) is 4. The first-order valence-corrected chi connectivity index (χ1v) is 23.1. The van der Waals surface area contributed by atoms with E-state index in [-0.39, 0.29) is 29.6 Å². The van der Waals surface area contributed by atoms with Crippen LogP contribution >= 0.6 is 19.4 Å². The number of anilines is 1. The number of nitrogens with two attached hydrogens (primary N) is 1. The number of rotatable bonds is 29. The van der Waals surface area contributed by atoms with Gasteiger partial charge in [-0.25, -0.2) is 14.1 Å². The molecule has 0 amide bonds. The monoisotopic (exact) mass is 863 g/mol. The second kappa shape index (κ2) is 22.3. The number of hydrogen-bond donors (Lipinski definition) is 4. The highest BCUT2D eigenvalue weighted by molar-refractivity contribution is 7.47. The third kappa shape index (κ3) is 12.2. The van der Waals surface area contributed by atoms with Crippen LogP contribution in [0.2, 0.25) is 5.02 Å². The first-order valence-electron chi connectivity index (χ1n) is 21.2. The van der Waals surface area contributed by atoms with Gasteiger partial charge in [-0.1, -0.05) is 115 Å². The van der Waals surface area contributed by atoms with Gasteiger partial charge in [-0.05, 0) is 43.2 Å². The lowest BCUT2D eigenvalue weighted by molar-refractivity contribution is -0.127. The number of nitriles is 1. The van der Waals surface area contributed by atoms with Gasteiger partial charge in [0.2, 0.25) is 0 Å². The summed E-state index contributed by atoms with van der Waals surface area (Å²) in [5.74, 6) is 0.527. The van der Waals surface area contributed by atoms with E-state index in [2.05, 4.69) is 17.0 Å². The van der Waals surface area contributed by atoms with Crippen LogP contribution < -0.4 is 10.5 Å². The Labute approximate surface area is 353 Å². The summed E-state index contributed by atoms with van der Waals surface area (Å²) >= 11 is 6.25. The molecule has 2 unspecified atom stereocenters. The lowest BCUT2D eigenvalue weighted by atomic mass is 9.91. The molecular weight excluding hydrogens is 801 g/mol. The number of benzene rings is 1. The largest absolute Gasteiger partial charge is 0.495 e. The average molecular weight is 864 g/mol. The summed E-state index contributed by atoms with van der Waals surface area (Å²) in [6.07, 6.45) is 16.7. The Bertz CT molecular complexity index is 1880. The number of fused-ring (bicyclic) bond motifs is 2. The van der Waals surface area contributed by atoms with Crippen LogP contribution in [0.25, 0.3) is 5.52 Å². The maximum atomic E-state index is 13.2. The SMILES string of the molecule is CCCCCCCCCCCCCCCCCCOC[C@H](COP(=O)(O)OC1[C@H]2O[C@@](C)(c3ccc4c(N)ncnn34)[C@H](O)[C@@]12O)OCc1cc(C#N)c(Cl)c(OC)c1. The predicted molar refractivity (Wildman–Crippen MR) is 223 cm³/mol. The van der Waals surface area contributed by atoms with E-state index in [9.17, 15) is 24.9 Å². The fraction of sp³-hybridized carbons (Fsp3) is 0.690. The number of phosphoric ester groups is 1. The van der Waals surface area contributed by atoms with E-state index in [1.165, 1.54) is 101 Å². The number of unbranched alkanes of at least 4 members (excludes halogenated alkanes) is 15. The van der Waals surface area contributed by atoms with Crippen LogP contribution in [0.3, 0.4) is 0 Å². The highest BCUT2D eigenvalue weighted by atomic mass is 35.5. The Hall–Kier alpha value is -2.87. The number of aliphatic hydroxyl groups is 2. The van der Waals surface area contributed by atoms with Gasteiger partial charge in [-0.3, -0.25) is 9.05 Å². The topological polar surface area (TPSA) is 213 Å². The molecule has 0 bridgehead atoms. The van der Waals surface area contributed by atoms with Gasteiger partial charge in [-0.2, -0.15) is 10.4 Å². The highest BCUT2D eigenvalue weighted by Gasteiger charge is 2.82. The number of hydrogen-bond acceptors (Lipinski definition) is 13. The van der Waals surface area contributed by atoms with Crippen LogP contribution in [0.4, 0.5) is 5.82 Å². The first-order chi connectivity index (χ1) is 28.4. The lowest BCUT2D eigenvalue weighted by Gasteiger charge is -2.32. The van der Waals surface area contributed by atoms with E-state index in [0.717, 1.165) is 19.3 Å². The molecule has 5 rings (SSSR count). The van der Waals surface area contributed by atoms with Crippen molar-refractivity contribution in [1.82, 2.24) is 14.6 Å². The molecule has 17 heteroatoms. The van der Waals surface area contributed by atoms with Gasteiger partial charge in [-0.15, -0.1) is 0 Å². The maximum absolute atomic E-state index is 13.2. The quantitative estimate of drug-likeness (QED) is 0.0386. The molecule has 3 aromatic rings. The summed E-state index contributed by atoms with van der Waals surface area (Å²) in [6, 6.07) is 8.57. The lowest BCUT2D eigenvalue weighted by Crippen LogP contribution is -2.46. The second-order valence-electron chi connectivity index (χ2n) is 16.0. The molecule has 15 nitrogen and oxygen atoms in total. The molecule has 1 aromatic carbocycles. The van der Waals surface area contributed by atoms with Gasteiger partial charge < -0.3 is 39.8 Å². The van der Waals surface area contributed by atoms with Gasteiger partial charge in [0.05, 0.1) is 38.2 Å². The molecular formula is C42H63ClN5O10P. The summed E-state index contributed by atoms with van der Waals surface area (Å²) in [6.45, 7) is 3.93. The van der Waals surface area contributed by atoms with E-state index in [1.54, 1.807) is 31.2 Å². The molecule has 7 atom stereocenters. The van der Waals surface area contributed by atoms with Crippen molar-refractivity contribution in [3.63, 3.8) is 0 Å². The normalized spacial score (nSPS) is 23.9. The fourth-order valence-electron chi connectivity index (χ4n) is 7.88. The van der Waals surface area contributed by atoms with Crippen LogP contribution in [0.1, 0.15) is 133 Å². The third-order valence-electron chi connectivity index (χ3n) is 11.4. The summed E-state index contributed by atoms with van der Waals surface area (Å²) in [7, 11) is -3.38. The molecule has 2 aliphatic rings. The number of phosphoric acid groups is 1. The van der Waals surface area contributed by atoms with E-state index >= 15 is 0 Å². The van der Waals surface area contributed by atoms with Crippen molar-refractivity contribution in [2.45, 2.75) is 159 Å². The van der Waals surface area contributed by atoms with Gasteiger partial charge in [0.1, 0.15) is 58.7 Å². The fourth-order valence-corrected chi connectivity index (χ4v) is 9.09. The number of aromatic nitrogens is 3. The Morgan fingerprint density at radius 2 is 1.64 bits per heavy atom. The van der Waals surface area contributed by atoms with Crippen LogP contribution in [-0.2, 0) is 40.0 Å². The Morgan fingerprint density at radius 1 is 1.02 bits per heavy atom. The average Bonchev–Trinajstić information content (AvgIpc) is 3.45. The molecule has 5 N–H and O–H groups in total. The van der Waals surface area contributed by atoms with Gasteiger partial charge in [0.15, 0.2) is 11.4 Å². The first kappa shape index (κ1) is 47.2. The van der Waals surface area contributed by atoms with E-state index in [0.29, 0.717) is 29.1 Å². The minimum absolute atomic E-state index is 0.0106. The standard InChI is InChI=1S/C42H63ClN5O10P/c1-4-5-6-7-8-9-10-11-12-13-14-15-16-17-18-19-22-54-27-32(55-26-30-23-31(25-44)36(43)34(24-30)53-3)28-56-59(51,52)58-38-37-42(38,50)40(49)41(2,57-37)35-21-20-33-39(45)46-29-47-48(33)35/h20-21,23-24,29,32,37-38,40,49-50H,4-19,22,26-28H2,1-3H3,(H,51,52)(H2,45,46,47)/t32-,37-,38?,40+,41+,42+/m1/s1. The summed E-state index contributed by atoms with van der Waals surface area (Å²) < 4.78 is 48.8. The van der Waals surface area contributed by atoms with Crippen molar-refractivity contribution >= 4 is 30.8 Å². The third-order valence-corrected chi connectivity index (χ3v) is 12.8. The van der Waals surface area contributed by atoms with Crippen LogP contribution in [-0.4, -0.2) is 86.7 Å². The van der Waals surface area contributed by atoms with Gasteiger partial charge in [0.25, 0.3) is 0 Å². The van der Waals surface area contributed by atoms with E-state index in [1.807, 2.05) is 6.07 Å². The summed E-state index contributed by atoms with van der Waals surface area (Å²) in [5.41, 5.74) is 4.19. The van der Waals surface area contributed by atoms with Crippen LogP contribution in [0, 0.1) is 11.3 Å². The van der Waals surface area contributed by atoms with Crippen molar-refractivity contribution in [1.29, 1.82) is 5.26 Å². The smallest absolute Gasteiger partial charge is 0.472 e. The molecule has 0 radical (unpaired) electrons. The zero-order valence-electron chi connectivity index (χ0n) is 34.7. The van der Waals surface area contributed by atoms with Crippen molar-refractivity contribution < 1.29 is 47.7 Å². The molecule has 0 spiro atoms. The van der Waals surface area contributed by atoms with E-state index in [4.69, 9.17) is 45.3 Å². The molecule has 1 saturated carbocycles. The summed E-state index contributed by atoms with van der Waals surface area (Å²) in [5, 5.41) is 36.6. The van der Waals surface area contributed by atoms with Crippen molar-refractivity contribution in [3.05, 3.63) is 52.4 Å². The molecule has 1 saturated heterocycles. The zero-order chi connectivity index (χ0) is 42.5. The van der Waals surface area contributed by atoms with E-state index < -0.39 is 50.0 Å². The van der Waals surface area contributed by atoms with Crippen molar-refractivity contribution in [3.8, 4) is 11.8 Å². The molecule has 328 valence electrons. The van der Waals surface area contributed by atoms with Crippen molar-refractivity contribution in [2.24, 2.45) is 0 Å². The molecule has 59 heavy (non-hydrogen) atoms. The zero-order valence-corrected chi connectivity index (χ0v) is 36.4. The van der Waals surface area contributed by atoms with Crippen LogP contribution in [0.5, 0.6) is 5.75 Å². The minimum atomic E-state index is -4.83. The Kier molecular flexibility index (Phi) is 17.8. The molecule has 2 fully saturated rings. The van der Waals surface area contributed by atoms with Crippen LogP contribution in [0.15, 0.2) is 30.6 Å². The number of aliphatic hydroxyl groups excluding tert-OH is 1. The second-order valence-corrected chi connectivity index (χ2v) is 17.8. The van der Waals surface area contributed by atoms with Crippen molar-refractivity contribution in [2.75, 3.05) is 32.7 Å². The minimum Gasteiger partial charge on any atom is -0.495 e. The number of methoxy groups -OCH3 is 1. The Morgan fingerprint density at radius 3 is 2.22 bits per heavy atom. The van der Waals surface area contributed by atoms with Gasteiger partial charge >= 0.3 is 7.82 Å². The number of nitrogen functional groups attached to an aromatic ring is 1. The summed E-state index contributed by atoms with van der Waals surface area (Å²) in [4.78, 5) is 14.7.